The fourth-order valence-corrected chi connectivity index (χ4v) is 2.72. The third-order valence-corrected chi connectivity index (χ3v) is 4.29. The molecule has 0 radical (unpaired) electrons. The second kappa shape index (κ2) is 8.67. The highest BCUT2D eigenvalue weighted by Gasteiger charge is 2.15. The molecule has 144 valence electrons. The molecule has 1 heterocycles. The Kier molecular flexibility index (Phi) is 5.85. The zero-order valence-corrected chi connectivity index (χ0v) is 15.5. The van der Waals surface area contributed by atoms with Crippen LogP contribution in [0.5, 0.6) is 0 Å². The average molecular weight is 387 g/mol. The minimum atomic E-state index is -0.503. The van der Waals surface area contributed by atoms with Crippen LogP contribution >= 0.6 is 0 Å². The van der Waals surface area contributed by atoms with Gasteiger partial charge in [-0.3, -0.25) is 14.9 Å². The first-order valence-electron chi connectivity index (χ1n) is 8.80. The minimum Gasteiger partial charge on any atom is -0.457 e. The Morgan fingerprint density at radius 2 is 1.83 bits per heavy atom. The molecule has 0 bridgehead atoms. The SMILES string of the molecule is C[C@@H](NC(=O)/C(C#N)=C/c1ccc(-c2ccc([N+](=O)[O-])cc2)o1)c1ccccc1. The number of hydrogen-bond donors (Lipinski definition) is 1. The zero-order valence-electron chi connectivity index (χ0n) is 15.5. The summed E-state index contributed by atoms with van der Waals surface area (Å²) in [6.45, 7) is 1.84. The number of non-ortho nitro benzene ring substituents is 1. The molecule has 0 spiro atoms. The number of nitrogens with one attached hydrogen (secondary N) is 1. The van der Waals surface area contributed by atoms with Crippen LogP contribution in [0.1, 0.15) is 24.3 Å². The molecule has 3 rings (SSSR count). The van der Waals surface area contributed by atoms with Crippen LogP contribution in [0.25, 0.3) is 17.4 Å². The normalized spacial score (nSPS) is 12.1. The molecular weight excluding hydrogens is 370 g/mol. The van der Waals surface area contributed by atoms with Crippen molar-refractivity contribution in [1.82, 2.24) is 5.32 Å². The fraction of sp³-hybridized carbons (Fsp3) is 0.0909. The second-order valence-corrected chi connectivity index (χ2v) is 6.28. The predicted octanol–water partition coefficient (Wildman–Crippen LogP) is 4.64. The average Bonchev–Trinajstić information content (AvgIpc) is 3.21. The van der Waals surface area contributed by atoms with Gasteiger partial charge in [-0.15, -0.1) is 0 Å². The molecule has 0 unspecified atom stereocenters. The molecular formula is C22H17N3O4. The van der Waals surface area contributed by atoms with Crippen molar-refractivity contribution in [3.05, 3.63) is 93.7 Å². The summed E-state index contributed by atoms with van der Waals surface area (Å²) in [6.07, 6.45) is 1.36. The topological polar surface area (TPSA) is 109 Å². The van der Waals surface area contributed by atoms with Crippen LogP contribution in [0, 0.1) is 21.4 Å². The van der Waals surface area contributed by atoms with Crippen LogP contribution in [0.15, 0.2) is 76.7 Å². The van der Waals surface area contributed by atoms with E-state index in [4.69, 9.17) is 4.42 Å². The number of nitro benzene ring substituents is 1. The molecule has 0 saturated carbocycles. The molecule has 0 saturated heterocycles. The van der Waals surface area contributed by atoms with Crippen molar-refractivity contribution in [1.29, 1.82) is 5.26 Å². The van der Waals surface area contributed by atoms with Crippen LogP contribution in [-0.4, -0.2) is 10.8 Å². The van der Waals surface area contributed by atoms with Gasteiger partial charge in [0.25, 0.3) is 11.6 Å². The molecule has 1 atom stereocenters. The lowest BCUT2D eigenvalue weighted by atomic mass is 10.1. The molecule has 1 aromatic heterocycles. The van der Waals surface area contributed by atoms with E-state index in [-0.39, 0.29) is 17.3 Å². The Bertz CT molecular complexity index is 1090. The largest absolute Gasteiger partial charge is 0.457 e. The van der Waals surface area contributed by atoms with E-state index in [0.717, 1.165) is 5.56 Å². The number of carbonyl (C=O) groups excluding carboxylic acids is 1. The van der Waals surface area contributed by atoms with Crippen molar-refractivity contribution in [2.45, 2.75) is 13.0 Å². The van der Waals surface area contributed by atoms with Crippen LogP contribution in [0.3, 0.4) is 0 Å². The summed E-state index contributed by atoms with van der Waals surface area (Å²) in [5.41, 5.74) is 1.47. The smallest absolute Gasteiger partial charge is 0.269 e. The molecule has 7 nitrogen and oxygen atoms in total. The monoisotopic (exact) mass is 387 g/mol. The molecule has 0 aliphatic carbocycles. The number of amides is 1. The summed E-state index contributed by atoms with van der Waals surface area (Å²) in [4.78, 5) is 22.7. The maximum Gasteiger partial charge on any atom is 0.269 e. The highest BCUT2D eigenvalue weighted by Crippen LogP contribution is 2.25. The van der Waals surface area contributed by atoms with E-state index in [0.29, 0.717) is 17.1 Å². The lowest BCUT2D eigenvalue weighted by Crippen LogP contribution is -2.27. The summed E-state index contributed by atoms with van der Waals surface area (Å²) in [5.74, 6) is 0.302. The van der Waals surface area contributed by atoms with Crippen LogP contribution in [0.4, 0.5) is 5.69 Å². The van der Waals surface area contributed by atoms with Crippen LogP contribution in [0.2, 0.25) is 0 Å². The van der Waals surface area contributed by atoms with Crippen molar-refractivity contribution < 1.29 is 14.1 Å². The Morgan fingerprint density at radius 3 is 2.45 bits per heavy atom. The second-order valence-electron chi connectivity index (χ2n) is 6.28. The Balaban J connectivity index is 1.75. The standard InChI is InChI=1S/C22H17N3O4/c1-15(16-5-3-2-4-6-16)24-22(26)18(14-23)13-20-11-12-21(29-20)17-7-9-19(10-8-17)25(27)28/h2-13,15H,1H3,(H,24,26)/b18-13+/t15-/m1/s1. The summed E-state index contributed by atoms with van der Waals surface area (Å²) in [5, 5.41) is 22.9. The highest BCUT2D eigenvalue weighted by molar-refractivity contribution is 6.01. The molecule has 1 N–H and O–H groups in total. The van der Waals surface area contributed by atoms with Gasteiger partial charge in [-0.2, -0.15) is 5.26 Å². The minimum absolute atomic E-state index is 0.0172. The van der Waals surface area contributed by atoms with E-state index in [2.05, 4.69) is 5.32 Å². The Labute approximate surface area is 167 Å². The quantitative estimate of drug-likeness (QED) is 0.287. The van der Waals surface area contributed by atoms with Gasteiger partial charge < -0.3 is 9.73 Å². The molecule has 1 amide bonds. The molecule has 0 aliphatic heterocycles. The maximum atomic E-state index is 12.4. The lowest BCUT2D eigenvalue weighted by Gasteiger charge is -2.13. The highest BCUT2D eigenvalue weighted by atomic mass is 16.6. The van der Waals surface area contributed by atoms with Gasteiger partial charge in [0, 0.05) is 23.8 Å². The number of carbonyl (C=O) groups is 1. The first kappa shape index (κ1) is 19.6. The lowest BCUT2D eigenvalue weighted by molar-refractivity contribution is -0.384. The van der Waals surface area contributed by atoms with E-state index in [1.807, 2.05) is 43.3 Å². The van der Waals surface area contributed by atoms with Crippen molar-refractivity contribution in [2.75, 3.05) is 0 Å². The van der Waals surface area contributed by atoms with Gasteiger partial charge >= 0.3 is 0 Å². The maximum absolute atomic E-state index is 12.4. The van der Waals surface area contributed by atoms with Gasteiger partial charge in [-0.1, -0.05) is 30.3 Å². The number of furan rings is 1. The molecule has 3 aromatic rings. The van der Waals surface area contributed by atoms with E-state index in [1.54, 1.807) is 24.3 Å². The van der Waals surface area contributed by atoms with Gasteiger partial charge in [-0.25, -0.2) is 0 Å². The van der Waals surface area contributed by atoms with Gasteiger partial charge in [0.1, 0.15) is 23.2 Å². The first-order valence-corrected chi connectivity index (χ1v) is 8.80. The summed E-state index contributed by atoms with van der Waals surface area (Å²) >= 11 is 0. The third-order valence-electron chi connectivity index (χ3n) is 4.29. The number of nitriles is 1. The first-order chi connectivity index (χ1) is 14.0. The summed E-state index contributed by atoms with van der Waals surface area (Å²) in [7, 11) is 0. The van der Waals surface area contributed by atoms with E-state index in [9.17, 15) is 20.2 Å². The number of nitrogens with zero attached hydrogens (tertiary/aromatic N) is 2. The molecule has 29 heavy (non-hydrogen) atoms. The van der Waals surface area contributed by atoms with Crippen molar-refractivity contribution in [3.8, 4) is 17.4 Å². The van der Waals surface area contributed by atoms with E-state index < -0.39 is 10.8 Å². The fourth-order valence-electron chi connectivity index (χ4n) is 2.72. The van der Waals surface area contributed by atoms with Crippen molar-refractivity contribution in [2.24, 2.45) is 0 Å². The molecule has 7 heteroatoms. The van der Waals surface area contributed by atoms with E-state index >= 15 is 0 Å². The van der Waals surface area contributed by atoms with Gasteiger partial charge in [0.2, 0.25) is 0 Å². The number of nitro groups is 1. The third kappa shape index (κ3) is 4.76. The molecule has 2 aromatic carbocycles. The van der Waals surface area contributed by atoms with Crippen molar-refractivity contribution >= 4 is 17.7 Å². The number of hydrogen-bond acceptors (Lipinski definition) is 5. The van der Waals surface area contributed by atoms with Gasteiger partial charge in [0.15, 0.2) is 0 Å². The van der Waals surface area contributed by atoms with Crippen molar-refractivity contribution in [3.63, 3.8) is 0 Å². The zero-order chi connectivity index (χ0) is 20.8. The van der Waals surface area contributed by atoms with Gasteiger partial charge in [-0.05, 0) is 36.8 Å². The van der Waals surface area contributed by atoms with Crippen LogP contribution in [-0.2, 0) is 4.79 Å². The predicted molar refractivity (Wildman–Crippen MR) is 107 cm³/mol. The van der Waals surface area contributed by atoms with E-state index in [1.165, 1.54) is 18.2 Å². The Morgan fingerprint density at radius 1 is 1.14 bits per heavy atom. The summed E-state index contributed by atoms with van der Waals surface area (Å²) < 4.78 is 5.66. The summed E-state index contributed by atoms with van der Waals surface area (Å²) in [6, 6.07) is 20.3. The van der Waals surface area contributed by atoms with Crippen LogP contribution < -0.4 is 5.32 Å². The number of rotatable bonds is 6. The Hall–Kier alpha value is -4.18. The molecule has 0 fully saturated rings. The number of benzene rings is 2. The molecule has 0 aliphatic rings. The van der Waals surface area contributed by atoms with Gasteiger partial charge in [0.05, 0.1) is 11.0 Å².